The maximum absolute atomic E-state index is 5.83. The van der Waals surface area contributed by atoms with Gasteiger partial charge in [0.1, 0.15) is 6.61 Å². The number of benzene rings is 2. The highest BCUT2D eigenvalue weighted by atomic mass is 16.5. The van der Waals surface area contributed by atoms with E-state index in [4.69, 9.17) is 14.2 Å². The van der Waals surface area contributed by atoms with Gasteiger partial charge in [0.05, 0.1) is 20.8 Å². The maximum Gasteiger partial charge on any atom is 0.213 e. The fourth-order valence-electron chi connectivity index (χ4n) is 3.05. The molecule has 0 amide bonds. The molecule has 2 aromatic carbocycles. The molecule has 0 bridgehead atoms. The average molecular weight is 435 g/mol. The van der Waals surface area contributed by atoms with Crippen LogP contribution in [0.1, 0.15) is 23.6 Å². The Balaban J connectivity index is 1.59. The van der Waals surface area contributed by atoms with Gasteiger partial charge < -0.3 is 24.8 Å². The minimum absolute atomic E-state index is 0.486. The van der Waals surface area contributed by atoms with Crippen molar-refractivity contribution in [3.8, 4) is 17.4 Å². The van der Waals surface area contributed by atoms with Crippen LogP contribution in [-0.4, -0.2) is 31.7 Å². The Morgan fingerprint density at radius 1 is 0.875 bits per heavy atom. The molecule has 0 radical (unpaired) electrons. The summed E-state index contributed by atoms with van der Waals surface area (Å²) in [5.74, 6) is 2.72. The van der Waals surface area contributed by atoms with Crippen LogP contribution >= 0.6 is 0 Å². The summed E-state index contributed by atoms with van der Waals surface area (Å²) >= 11 is 0. The van der Waals surface area contributed by atoms with Crippen LogP contribution in [0.25, 0.3) is 0 Å². The van der Waals surface area contributed by atoms with Gasteiger partial charge in [0.15, 0.2) is 17.5 Å². The fraction of sp³-hybridized carbons (Fsp3) is 0.280. The molecule has 7 heteroatoms. The molecular formula is C25H30N4O3. The molecule has 1 heterocycles. The number of hydrogen-bond acceptors (Lipinski definition) is 5. The Morgan fingerprint density at radius 3 is 2.44 bits per heavy atom. The van der Waals surface area contributed by atoms with Crippen molar-refractivity contribution in [1.82, 2.24) is 15.6 Å². The second kappa shape index (κ2) is 12.2. The van der Waals surface area contributed by atoms with Crippen LogP contribution in [0, 0.1) is 0 Å². The van der Waals surface area contributed by atoms with Crippen molar-refractivity contribution in [3.05, 3.63) is 83.6 Å². The summed E-state index contributed by atoms with van der Waals surface area (Å²) in [5.41, 5.74) is 3.19. The van der Waals surface area contributed by atoms with Gasteiger partial charge in [-0.15, -0.1) is 0 Å². The highest BCUT2D eigenvalue weighted by molar-refractivity contribution is 5.79. The number of aliphatic imine (C=N–C) groups is 1. The molecule has 32 heavy (non-hydrogen) atoms. The third-order valence-electron chi connectivity index (χ3n) is 4.70. The van der Waals surface area contributed by atoms with E-state index in [1.54, 1.807) is 20.4 Å². The van der Waals surface area contributed by atoms with Crippen LogP contribution in [-0.2, 0) is 19.7 Å². The van der Waals surface area contributed by atoms with Crippen LogP contribution in [0.2, 0.25) is 0 Å². The first-order valence-corrected chi connectivity index (χ1v) is 10.6. The summed E-state index contributed by atoms with van der Waals surface area (Å²) in [7, 11) is 3.25. The van der Waals surface area contributed by atoms with E-state index in [0.717, 1.165) is 29.2 Å². The number of rotatable bonds is 10. The standard InChI is InChI=1S/C25H30N4O3/c1-4-26-25(28-16-20-10-11-22(30-2)23(14-20)31-3)29-17-21-12-13-27-24(15-21)32-18-19-8-6-5-7-9-19/h5-15H,4,16-18H2,1-3H3,(H2,26,28,29). The molecular weight excluding hydrogens is 404 g/mol. The molecule has 0 aliphatic carbocycles. The minimum Gasteiger partial charge on any atom is -0.493 e. The van der Waals surface area contributed by atoms with Crippen molar-refractivity contribution in [2.24, 2.45) is 4.99 Å². The van der Waals surface area contributed by atoms with E-state index in [1.807, 2.05) is 67.6 Å². The lowest BCUT2D eigenvalue weighted by Gasteiger charge is -2.13. The molecule has 7 nitrogen and oxygen atoms in total. The zero-order valence-electron chi connectivity index (χ0n) is 18.8. The van der Waals surface area contributed by atoms with Crippen molar-refractivity contribution in [2.45, 2.75) is 26.6 Å². The number of pyridine rings is 1. The minimum atomic E-state index is 0.486. The number of methoxy groups -OCH3 is 2. The lowest BCUT2D eigenvalue weighted by molar-refractivity contribution is 0.293. The molecule has 1 aromatic heterocycles. The first-order chi connectivity index (χ1) is 15.7. The Hall–Kier alpha value is -3.74. The van der Waals surface area contributed by atoms with Crippen LogP contribution < -0.4 is 24.8 Å². The third kappa shape index (κ3) is 6.91. The molecule has 0 spiro atoms. The van der Waals surface area contributed by atoms with Gasteiger partial charge in [0, 0.05) is 25.4 Å². The predicted molar refractivity (Wildman–Crippen MR) is 126 cm³/mol. The lowest BCUT2D eigenvalue weighted by Crippen LogP contribution is -2.36. The Morgan fingerprint density at radius 2 is 1.69 bits per heavy atom. The molecule has 0 atom stereocenters. The zero-order valence-corrected chi connectivity index (χ0v) is 18.8. The second-order valence-corrected chi connectivity index (χ2v) is 7.01. The average Bonchev–Trinajstić information content (AvgIpc) is 2.85. The normalized spacial score (nSPS) is 11.0. The van der Waals surface area contributed by atoms with E-state index < -0.39 is 0 Å². The van der Waals surface area contributed by atoms with Crippen molar-refractivity contribution < 1.29 is 14.2 Å². The van der Waals surface area contributed by atoms with Crippen LogP contribution in [0.5, 0.6) is 17.4 Å². The number of hydrogen-bond donors (Lipinski definition) is 2. The zero-order chi connectivity index (χ0) is 22.6. The van der Waals surface area contributed by atoms with Gasteiger partial charge in [0.25, 0.3) is 0 Å². The number of aromatic nitrogens is 1. The Bertz CT molecular complexity index is 1010. The summed E-state index contributed by atoms with van der Waals surface area (Å²) in [5, 5.41) is 6.63. The number of guanidine groups is 1. The number of nitrogens with one attached hydrogen (secondary N) is 2. The van der Waals surface area contributed by atoms with Gasteiger partial charge in [-0.2, -0.15) is 0 Å². The van der Waals surface area contributed by atoms with Crippen LogP contribution in [0.3, 0.4) is 0 Å². The smallest absolute Gasteiger partial charge is 0.213 e. The monoisotopic (exact) mass is 434 g/mol. The van der Waals surface area contributed by atoms with Crippen molar-refractivity contribution in [3.63, 3.8) is 0 Å². The molecule has 2 N–H and O–H groups in total. The highest BCUT2D eigenvalue weighted by Crippen LogP contribution is 2.27. The van der Waals surface area contributed by atoms with Crippen LogP contribution in [0.15, 0.2) is 71.9 Å². The molecule has 0 fully saturated rings. The second-order valence-electron chi connectivity index (χ2n) is 7.01. The molecule has 168 valence electrons. The van der Waals surface area contributed by atoms with Gasteiger partial charge in [-0.05, 0) is 41.8 Å². The number of nitrogens with zero attached hydrogens (tertiary/aromatic N) is 2. The van der Waals surface area contributed by atoms with E-state index in [9.17, 15) is 0 Å². The largest absolute Gasteiger partial charge is 0.493 e. The van der Waals surface area contributed by atoms with Gasteiger partial charge in [-0.25, -0.2) is 9.98 Å². The van der Waals surface area contributed by atoms with Gasteiger partial charge in [0.2, 0.25) is 5.88 Å². The van der Waals surface area contributed by atoms with Crippen LogP contribution in [0.4, 0.5) is 0 Å². The summed E-state index contributed by atoms with van der Waals surface area (Å²) in [6.45, 7) is 4.40. The molecule has 0 aliphatic heterocycles. The van der Waals surface area contributed by atoms with Gasteiger partial charge >= 0.3 is 0 Å². The van der Waals surface area contributed by atoms with E-state index in [1.165, 1.54) is 0 Å². The summed E-state index contributed by atoms with van der Waals surface area (Å²) in [6, 6.07) is 19.7. The molecule has 3 rings (SSSR count). The topological polar surface area (TPSA) is 77.0 Å². The van der Waals surface area contributed by atoms with Crippen molar-refractivity contribution in [1.29, 1.82) is 0 Å². The molecule has 3 aromatic rings. The molecule has 0 aliphatic rings. The third-order valence-corrected chi connectivity index (χ3v) is 4.70. The first kappa shape index (κ1) is 22.9. The van der Waals surface area contributed by atoms with E-state index >= 15 is 0 Å². The highest BCUT2D eigenvalue weighted by Gasteiger charge is 2.05. The molecule has 0 saturated carbocycles. The quantitative estimate of drug-likeness (QED) is 0.372. The Labute approximate surface area is 189 Å². The first-order valence-electron chi connectivity index (χ1n) is 10.6. The molecule has 0 unspecified atom stereocenters. The van der Waals surface area contributed by atoms with Crippen molar-refractivity contribution in [2.75, 3.05) is 20.8 Å². The van der Waals surface area contributed by atoms with Gasteiger partial charge in [-0.3, -0.25) is 0 Å². The maximum atomic E-state index is 5.83. The van der Waals surface area contributed by atoms with Crippen molar-refractivity contribution >= 4 is 5.96 Å². The van der Waals surface area contributed by atoms with E-state index in [2.05, 4.69) is 20.6 Å². The predicted octanol–water partition coefficient (Wildman–Crippen LogP) is 3.93. The Kier molecular flexibility index (Phi) is 8.74. The van der Waals surface area contributed by atoms with E-state index in [-0.39, 0.29) is 0 Å². The number of ether oxygens (including phenoxy) is 3. The SMILES string of the molecule is CCNC(=NCc1ccc(OC)c(OC)c1)NCc1ccnc(OCc2ccccc2)c1. The lowest BCUT2D eigenvalue weighted by atomic mass is 10.2. The summed E-state index contributed by atoms with van der Waals surface area (Å²) in [6.07, 6.45) is 1.75. The van der Waals surface area contributed by atoms with Gasteiger partial charge in [-0.1, -0.05) is 36.4 Å². The molecule has 0 saturated heterocycles. The van der Waals surface area contributed by atoms with E-state index in [0.29, 0.717) is 37.1 Å². The summed E-state index contributed by atoms with van der Waals surface area (Å²) in [4.78, 5) is 8.99. The fourth-order valence-corrected chi connectivity index (χ4v) is 3.05. The summed E-state index contributed by atoms with van der Waals surface area (Å²) < 4.78 is 16.5.